The molecule has 0 aliphatic heterocycles. The van der Waals surface area contributed by atoms with Crippen LogP contribution in [-0.2, 0) is 16.6 Å². The van der Waals surface area contributed by atoms with Gasteiger partial charge in [-0.3, -0.25) is 9.59 Å². The summed E-state index contributed by atoms with van der Waals surface area (Å²) < 4.78 is 26.4. The fraction of sp³-hybridized carbons (Fsp3) is 0.312. The van der Waals surface area contributed by atoms with Crippen molar-refractivity contribution in [2.75, 3.05) is 19.4 Å². The molecule has 1 aromatic carbocycles. The van der Waals surface area contributed by atoms with Gasteiger partial charge in [0, 0.05) is 32.4 Å². The first kappa shape index (κ1) is 18.8. The summed E-state index contributed by atoms with van der Waals surface area (Å²) in [6, 6.07) is 8.47. The maximum absolute atomic E-state index is 12.3. The predicted octanol–water partition coefficient (Wildman–Crippen LogP) is 1.16. The fourth-order valence-corrected chi connectivity index (χ4v) is 2.96. The lowest BCUT2D eigenvalue weighted by Crippen LogP contribution is -2.26. The average molecular weight is 364 g/mol. The fourth-order valence-electron chi connectivity index (χ4n) is 2.06. The number of nitrogens with one attached hydrogen (secondary N) is 1. The maximum atomic E-state index is 12.3. The zero-order chi connectivity index (χ0) is 18.6. The van der Waals surface area contributed by atoms with Crippen molar-refractivity contribution in [1.82, 2.24) is 14.1 Å². The number of benzene rings is 1. The van der Waals surface area contributed by atoms with Crippen LogP contribution in [0.4, 0.5) is 5.69 Å². The number of amides is 1. The minimum Gasteiger partial charge on any atom is -0.321 e. The monoisotopic (exact) mass is 364 g/mol. The number of nitrogens with zero attached hydrogens (tertiary/aromatic N) is 3. The molecule has 0 radical (unpaired) electrons. The molecule has 9 heteroatoms. The van der Waals surface area contributed by atoms with Crippen molar-refractivity contribution < 1.29 is 13.2 Å². The second-order valence-corrected chi connectivity index (χ2v) is 7.70. The predicted molar refractivity (Wildman–Crippen MR) is 94.1 cm³/mol. The summed E-state index contributed by atoms with van der Waals surface area (Å²) in [5, 5.41) is 6.66. The lowest BCUT2D eigenvalue weighted by Gasteiger charge is -2.12. The first-order chi connectivity index (χ1) is 11.8. The van der Waals surface area contributed by atoms with Crippen LogP contribution in [0.15, 0.2) is 46.1 Å². The quantitative estimate of drug-likeness (QED) is 0.829. The highest BCUT2D eigenvalue weighted by atomic mass is 32.2. The summed E-state index contributed by atoms with van der Waals surface area (Å²) in [6.07, 6.45) is 0.722. The van der Waals surface area contributed by atoms with Gasteiger partial charge in [0.25, 0.3) is 11.5 Å². The third-order valence-electron chi connectivity index (χ3n) is 3.43. The zero-order valence-electron chi connectivity index (χ0n) is 14.3. The topological polar surface area (TPSA) is 101 Å². The minimum absolute atomic E-state index is 0.109. The van der Waals surface area contributed by atoms with Crippen LogP contribution in [0, 0.1) is 0 Å². The molecule has 0 unspecified atom stereocenters. The van der Waals surface area contributed by atoms with Gasteiger partial charge in [0.05, 0.1) is 4.90 Å². The van der Waals surface area contributed by atoms with Crippen molar-refractivity contribution in [2.45, 2.75) is 24.8 Å². The molecule has 0 atom stereocenters. The van der Waals surface area contributed by atoms with E-state index in [-0.39, 0.29) is 16.1 Å². The Morgan fingerprint density at radius 1 is 1.16 bits per heavy atom. The van der Waals surface area contributed by atoms with E-state index in [2.05, 4.69) is 10.4 Å². The molecule has 1 amide bonds. The molecule has 0 aliphatic carbocycles. The second-order valence-electron chi connectivity index (χ2n) is 5.55. The number of sulfonamides is 1. The molecule has 1 aromatic heterocycles. The molecule has 1 heterocycles. The van der Waals surface area contributed by atoms with Crippen molar-refractivity contribution in [3.05, 3.63) is 52.4 Å². The normalized spacial score (nSPS) is 11.5. The Hall–Kier alpha value is -2.52. The Balaban J connectivity index is 2.19. The molecule has 0 fully saturated rings. The summed E-state index contributed by atoms with van der Waals surface area (Å²) in [7, 11) is -0.628. The maximum Gasteiger partial charge on any atom is 0.276 e. The Kier molecular flexibility index (Phi) is 5.70. The molecular formula is C16H20N4O4S. The molecule has 8 nitrogen and oxygen atoms in total. The molecule has 0 saturated carbocycles. The summed E-state index contributed by atoms with van der Waals surface area (Å²) >= 11 is 0. The Bertz CT molecular complexity index is 918. The van der Waals surface area contributed by atoms with Gasteiger partial charge in [0.15, 0.2) is 0 Å². The highest BCUT2D eigenvalue weighted by Gasteiger charge is 2.17. The Morgan fingerprint density at radius 3 is 2.36 bits per heavy atom. The third kappa shape index (κ3) is 4.31. The molecule has 1 N–H and O–H groups in total. The van der Waals surface area contributed by atoms with Gasteiger partial charge in [0.1, 0.15) is 5.69 Å². The van der Waals surface area contributed by atoms with Crippen LogP contribution in [0.3, 0.4) is 0 Å². The van der Waals surface area contributed by atoms with Gasteiger partial charge in [-0.25, -0.2) is 17.4 Å². The molecule has 0 aliphatic rings. The number of hydrogen-bond donors (Lipinski definition) is 1. The number of carbonyl (C=O) groups excluding carboxylic acids is 1. The Labute approximate surface area is 146 Å². The van der Waals surface area contributed by atoms with Gasteiger partial charge < -0.3 is 5.32 Å². The summed E-state index contributed by atoms with van der Waals surface area (Å²) in [5.74, 6) is -0.479. The standard InChI is InChI=1S/C16H20N4O4S/c1-4-11-20-15(21)10-9-14(18-20)16(22)17-12-5-7-13(8-6-12)25(23,24)19(2)3/h5-10H,4,11H2,1-3H3,(H,17,22). The third-order valence-corrected chi connectivity index (χ3v) is 5.25. The van der Waals surface area contributed by atoms with Gasteiger partial charge in [0.2, 0.25) is 10.0 Å². The molecule has 0 bridgehead atoms. The van der Waals surface area contributed by atoms with Crippen LogP contribution in [-0.4, -0.2) is 42.5 Å². The number of aromatic nitrogens is 2. The highest BCUT2D eigenvalue weighted by Crippen LogP contribution is 2.17. The number of aryl methyl sites for hydroxylation is 1. The van der Waals surface area contributed by atoms with E-state index in [0.717, 1.165) is 10.7 Å². The van der Waals surface area contributed by atoms with Crippen LogP contribution in [0.25, 0.3) is 0 Å². The number of anilines is 1. The highest BCUT2D eigenvalue weighted by molar-refractivity contribution is 7.89. The first-order valence-corrected chi connectivity index (χ1v) is 9.12. The van der Waals surface area contributed by atoms with Crippen LogP contribution in [0.1, 0.15) is 23.8 Å². The molecule has 2 aromatic rings. The molecule has 2 rings (SSSR count). The number of carbonyl (C=O) groups is 1. The van der Waals surface area contributed by atoms with Gasteiger partial charge in [-0.05, 0) is 36.8 Å². The summed E-state index contributed by atoms with van der Waals surface area (Å²) in [4.78, 5) is 24.0. The molecule has 25 heavy (non-hydrogen) atoms. The van der Waals surface area contributed by atoms with E-state index in [4.69, 9.17) is 0 Å². The van der Waals surface area contributed by atoms with E-state index in [0.29, 0.717) is 12.2 Å². The summed E-state index contributed by atoms with van der Waals surface area (Å²) in [6.45, 7) is 2.33. The SMILES string of the molecule is CCCn1nc(C(=O)Nc2ccc(S(=O)(=O)N(C)C)cc2)ccc1=O. The van der Waals surface area contributed by atoms with Crippen LogP contribution >= 0.6 is 0 Å². The summed E-state index contributed by atoms with van der Waals surface area (Å²) in [5.41, 5.74) is 0.271. The van der Waals surface area contributed by atoms with E-state index in [1.54, 1.807) is 0 Å². The van der Waals surface area contributed by atoms with Crippen molar-refractivity contribution in [3.63, 3.8) is 0 Å². The Morgan fingerprint density at radius 2 is 1.80 bits per heavy atom. The largest absolute Gasteiger partial charge is 0.321 e. The van der Waals surface area contributed by atoms with Gasteiger partial charge >= 0.3 is 0 Å². The molecular weight excluding hydrogens is 344 g/mol. The van der Waals surface area contributed by atoms with Crippen LogP contribution < -0.4 is 10.9 Å². The number of rotatable bonds is 6. The van der Waals surface area contributed by atoms with Crippen molar-refractivity contribution in [1.29, 1.82) is 0 Å². The molecule has 0 spiro atoms. The first-order valence-electron chi connectivity index (χ1n) is 7.68. The van der Waals surface area contributed by atoms with E-state index in [9.17, 15) is 18.0 Å². The molecule has 134 valence electrons. The zero-order valence-corrected chi connectivity index (χ0v) is 15.1. The van der Waals surface area contributed by atoms with Gasteiger partial charge in [-0.1, -0.05) is 6.92 Å². The van der Waals surface area contributed by atoms with Gasteiger partial charge in [-0.15, -0.1) is 0 Å². The molecule has 0 saturated heterocycles. The van der Waals surface area contributed by atoms with Crippen molar-refractivity contribution in [2.24, 2.45) is 0 Å². The van der Waals surface area contributed by atoms with E-state index >= 15 is 0 Å². The van der Waals surface area contributed by atoms with E-state index < -0.39 is 15.9 Å². The van der Waals surface area contributed by atoms with E-state index in [1.807, 2.05) is 6.92 Å². The number of hydrogen-bond acceptors (Lipinski definition) is 5. The van der Waals surface area contributed by atoms with Crippen LogP contribution in [0.5, 0.6) is 0 Å². The lowest BCUT2D eigenvalue weighted by molar-refractivity contribution is 0.101. The minimum atomic E-state index is -3.52. The van der Waals surface area contributed by atoms with Crippen molar-refractivity contribution >= 4 is 21.6 Å². The van der Waals surface area contributed by atoms with Crippen molar-refractivity contribution in [3.8, 4) is 0 Å². The average Bonchev–Trinajstić information content (AvgIpc) is 2.57. The second kappa shape index (κ2) is 7.58. The van der Waals surface area contributed by atoms with E-state index in [1.165, 1.54) is 55.2 Å². The van der Waals surface area contributed by atoms with Crippen LogP contribution in [0.2, 0.25) is 0 Å². The lowest BCUT2D eigenvalue weighted by atomic mass is 10.3. The van der Waals surface area contributed by atoms with Gasteiger partial charge in [-0.2, -0.15) is 5.10 Å². The smallest absolute Gasteiger partial charge is 0.276 e.